The van der Waals surface area contributed by atoms with Crippen LogP contribution in [0.15, 0.2) is 18.2 Å². The highest BCUT2D eigenvalue weighted by molar-refractivity contribution is 6.29. The number of hydrogen-bond donors (Lipinski definition) is 0. The maximum Gasteiger partial charge on any atom is 0.241 e. The maximum absolute atomic E-state index is 11.6. The van der Waals surface area contributed by atoms with Crippen molar-refractivity contribution in [1.29, 1.82) is 0 Å². The second-order valence-electron chi connectivity index (χ2n) is 3.91. The first-order chi connectivity index (χ1) is 7.22. The molecule has 0 saturated carbocycles. The smallest absolute Gasteiger partial charge is 0.241 e. The number of carbonyl (C=O) groups excluding carboxylic acids is 1. The molecule has 1 amide bonds. The lowest BCUT2D eigenvalue weighted by Gasteiger charge is -2.29. The van der Waals surface area contributed by atoms with Gasteiger partial charge in [-0.2, -0.15) is 0 Å². The van der Waals surface area contributed by atoms with Crippen LogP contribution in [0, 0.1) is 6.92 Å². The molecule has 0 atom stereocenters. The fourth-order valence-corrected chi connectivity index (χ4v) is 2.20. The first kappa shape index (κ1) is 10.5. The molecule has 1 aliphatic heterocycles. The van der Waals surface area contributed by atoms with Crippen LogP contribution >= 0.6 is 11.6 Å². The summed E-state index contributed by atoms with van der Waals surface area (Å²) in [5.41, 5.74) is 3.55. The molecular formula is C12H14ClNO. The molecule has 0 spiro atoms. The number of halogens is 1. The molecule has 0 radical (unpaired) electrons. The third kappa shape index (κ3) is 2.00. The van der Waals surface area contributed by atoms with Gasteiger partial charge in [0, 0.05) is 12.2 Å². The molecule has 2 nitrogen and oxygen atoms in total. The summed E-state index contributed by atoms with van der Waals surface area (Å²) in [6.45, 7) is 2.87. The molecule has 0 aromatic heterocycles. The third-order valence-corrected chi connectivity index (χ3v) is 3.00. The lowest BCUT2D eigenvalue weighted by atomic mass is 10.00. The topological polar surface area (TPSA) is 20.3 Å². The molecule has 0 unspecified atom stereocenters. The van der Waals surface area contributed by atoms with E-state index in [9.17, 15) is 4.79 Å². The number of hydrogen-bond acceptors (Lipinski definition) is 1. The predicted octanol–water partition coefficient (Wildman–Crippen LogP) is 2.51. The van der Waals surface area contributed by atoms with Crippen LogP contribution in [0.2, 0.25) is 0 Å². The highest BCUT2D eigenvalue weighted by Gasteiger charge is 2.21. The Morgan fingerprint density at radius 1 is 1.53 bits per heavy atom. The zero-order valence-corrected chi connectivity index (χ0v) is 9.55. The molecule has 80 valence electrons. The van der Waals surface area contributed by atoms with Gasteiger partial charge in [-0.3, -0.25) is 4.79 Å². The van der Waals surface area contributed by atoms with Gasteiger partial charge < -0.3 is 4.90 Å². The van der Waals surface area contributed by atoms with Gasteiger partial charge in [0.15, 0.2) is 0 Å². The van der Waals surface area contributed by atoms with Crippen molar-refractivity contribution in [1.82, 2.24) is 0 Å². The van der Waals surface area contributed by atoms with Crippen LogP contribution in [0.5, 0.6) is 0 Å². The number of nitrogens with zero attached hydrogens (tertiary/aromatic N) is 1. The normalized spacial score (nSPS) is 14.9. The molecule has 1 aromatic carbocycles. The molecule has 1 aliphatic rings. The average molecular weight is 224 g/mol. The predicted molar refractivity (Wildman–Crippen MR) is 62.6 cm³/mol. The highest BCUT2D eigenvalue weighted by atomic mass is 35.5. The molecule has 0 aliphatic carbocycles. The summed E-state index contributed by atoms with van der Waals surface area (Å²) in [7, 11) is 0. The molecule has 15 heavy (non-hydrogen) atoms. The first-order valence-corrected chi connectivity index (χ1v) is 5.71. The van der Waals surface area contributed by atoms with Gasteiger partial charge in [-0.15, -0.1) is 11.6 Å². The summed E-state index contributed by atoms with van der Waals surface area (Å²) >= 11 is 5.59. The molecular weight excluding hydrogens is 210 g/mol. The monoisotopic (exact) mass is 223 g/mol. The molecule has 0 saturated heterocycles. The van der Waals surface area contributed by atoms with Crippen LogP contribution in [-0.2, 0) is 11.2 Å². The van der Waals surface area contributed by atoms with Crippen molar-refractivity contribution >= 4 is 23.2 Å². The minimum Gasteiger partial charge on any atom is -0.311 e. The zero-order chi connectivity index (χ0) is 10.8. The van der Waals surface area contributed by atoms with Crippen LogP contribution in [-0.4, -0.2) is 18.3 Å². The van der Waals surface area contributed by atoms with Gasteiger partial charge in [-0.25, -0.2) is 0 Å². The summed E-state index contributed by atoms with van der Waals surface area (Å²) in [5.74, 6) is 0.0642. The number of alkyl halides is 1. The van der Waals surface area contributed by atoms with Crippen molar-refractivity contribution < 1.29 is 4.79 Å². The first-order valence-electron chi connectivity index (χ1n) is 5.18. The fraction of sp³-hybridized carbons (Fsp3) is 0.417. The van der Waals surface area contributed by atoms with Crippen molar-refractivity contribution in [2.75, 3.05) is 17.3 Å². The lowest BCUT2D eigenvalue weighted by Crippen LogP contribution is -2.36. The minimum atomic E-state index is 0.00136. The van der Waals surface area contributed by atoms with Gasteiger partial charge in [0.2, 0.25) is 5.91 Å². The Kier molecular flexibility index (Phi) is 2.96. The Morgan fingerprint density at radius 2 is 2.33 bits per heavy atom. The highest BCUT2D eigenvalue weighted by Crippen LogP contribution is 2.28. The van der Waals surface area contributed by atoms with Crippen molar-refractivity contribution in [3.8, 4) is 0 Å². The van der Waals surface area contributed by atoms with Gasteiger partial charge in [-0.05, 0) is 31.4 Å². The van der Waals surface area contributed by atoms with Gasteiger partial charge in [0.25, 0.3) is 0 Å². The summed E-state index contributed by atoms with van der Waals surface area (Å²) in [6, 6.07) is 6.22. The Labute approximate surface area is 94.8 Å². The molecule has 0 bridgehead atoms. The number of amides is 1. The summed E-state index contributed by atoms with van der Waals surface area (Å²) < 4.78 is 0. The van der Waals surface area contributed by atoms with E-state index in [4.69, 9.17) is 11.6 Å². The lowest BCUT2D eigenvalue weighted by molar-refractivity contribution is -0.116. The molecule has 3 heteroatoms. The quantitative estimate of drug-likeness (QED) is 0.670. The summed E-state index contributed by atoms with van der Waals surface area (Å²) in [5, 5.41) is 0. The molecule has 0 N–H and O–H groups in total. The second kappa shape index (κ2) is 4.23. The number of benzene rings is 1. The van der Waals surface area contributed by atoms with Crippen molar-refractivity contribution in [2.24, 2.45) is 0 Å². The van der Waals surface area contributed by atoms with Crippen LogP contribution in [0.25, 0.3) is 0 Å². The van der Waals surface area contributed by atoms with E-state index in [1.807, 2.05) is 12.1 Å². The number of aryl methyl sites for hydroxylation is 2. The SMILES string of the molecule is Cc1ccc2c(c1)CCCN2C(=O)CCl. The maximum atomic E-state index is 11.6. The fourth-order valence-electron chi connectivity index (χ4n) is 2.06. The van der Waals surface area contributed by atoms with E-state index in [1.165, 1.54) is 11.1 Å². The van der Waals surface area contributed by atoms with E-state index in [0.717, 1.165) is 25.1 Å². The number of fused-ring (bicyclic) bond motifs is 1. The molecule has 1 aromatic rings. The minimum absolute atomic E-state index is 0.00136. The van der Waals surface area contributed by atoms with Crippen LogP contribution in [0.1, 0.15) is 17.5 Å². The Balaban J connectivity index is 2.38. The zero-order valence-electron chi connectivity index (χ0n) is 8.79. The van der Waals surface area contributed by atoms with E-state index in [2.05, 4.69) is 13.0 Å². The number of rotatable bonds is 1. The third-order valence-electron chi connectivity index (χ3n) is 2.77. The number of anilines is 1. The number of carbonyl (C=O) groups is 1. The Morgan fingerprint density at radius 3 is 3.07 bits per heavy atom. The van der Waals surface area contributed by atoms with E-state index >= 15 is 0 Å². The van der Waals surface area contributed by atoms with Crippen LogP contribution < -0.4 is 4.90 Å². The Bertz CT molecular complexity index is 389. The average Bonchev–Trinajstić information content (AvgIpc) is 2.26. The molecule has 2 rings (SSSR count). The standard InChI is InChI=1S/C12H14ClNO/c1-9-4-5-11-10(7-9)3-2-6-14(11)12(15)8-13/h4-5,7H,2-3,6,8H2,1H3. The summed E-state index contributed by atoms with van der Waals surface area (Å²) in [6.07, 6.45) is 2.09. The van der Waals surface area contributed by atoms with Gasteiger partial charge in [0.1, 0.15) is 5.88 Å². The Hall–Kier alpha value is -1.02. The second-order valence-corrected chi connectivity index (χ2v) is 4.18. The van der Waals surface area contributed by atoms with Crippen molar-refractivity contribution in [3.63, 3.8) is 0 Å². The molecule has 0 fully saturated rings. The molecule has 1 heterocycles. The largest absolute Gasteiger partial charge is 0.311 e. The van der Waals surface area contributed by atoms with E-state index in [-0.39, 0.29) is 11.8 Å². The van der Waals surface area contributed by atoms with E-state index in [1.54, 1.807) is 4.90 Å². The van der Waals surface area contributed by atoms with Gasteiger partial charge in [-0.1, -0.05) is 17.7 Å². The van der Waals surface area contributed by atoms with E-state index in [0.29, 0.717) is 0 Å². The van der Waals surface area contributed by atoms with Crippen LogP contribution in [0.3, 0.4) is 0 Å². The summed E-state index contributed by atoms with van der Waals surface area (Å²) in [4.78, 5) is 13.4. The van der Waals surface area contributed by atoms with Gasteiger partial charge in [0.05, 0.1) is 0 Å². The van der Waals surface area contributed by atoms with Gasteiger partial charge >= 0.3 is 0 Å². The van der Waals surface area contributed by atoms with E-state index < -0.39 is 0 Å². The van der Waals surface area contributed by atoms with Crippen molar-refractivity contribution in [3.05, 3.63) is 29.3 Å². The van der Waals surface area contributed by atoms with Crippen molar-refractivity contribution in [2.45, 2.75) is 19.8 Å². The van der Waals surface area contributed by atoms with Crippen LogP contribution in [0.4, 0.5) is 5.69 Å².